The number of hydrogen-bond donors (Lipinski definition) is 1. The van der Waals surface area contributed by atoms with E-state index in [0.29, 0.717) is 6.04 Å². The quantitative estimate of drug-likeness (QED) is 0.868. The van der Waals surface area contributed by atoms with Crippen LogP contribution in [0.15, 0.2) is 24.3 Å². The summed E-state index contributed by atoms with van der Waals surface area (Å²) in [6.07, 6.45) is 2.58. The molecular formula is C14H19NO2. The van der Waals surface area contributed by atoms with Crippen molar-refractivity contribution in [3.8, 4) is 0 Å². The van der Waals surface area contributed by atoms with Gasteiger partial charge >= 0.3 is 5.97 Å². The highest BCUT2D eigenvalue weighted by Gasteiger charge is 2.36. The van der Waals surface area contributed by atoms with E-state index in [4.69, 9.17) is 5.11 Å². The van der Waals surface area contributed by atoms with Crippen LogP contribution in [-0.4, -0.2) is 24.2 Å². The van der Waals surface area contributed by atoms with Gasteiger partial charge in [0.05, 0.1) is 5.92 Å². The molecule has 0 unspecified atom stereocenters. The lowest BCUT2D eigenvalue weighted by Gasteiger charge is -2.40. The van der Waals surface area contributed by atoms with Gasteiger partial charge in [0.1, 0.15) is 0 Å². The Morgan fingerprint density at radius 3 is 2.41 bits per heavy atom. The third-order valence-electron chi connectivity index (χ3n) is 3.76. The summed E-state index contributed by atoms with van der Waals surface area (Å²) in [7, 11) is 2.05. The van der Waals surface area contributed by atoms with Crippen LogP contribution in [-0.2, 0) is 11.2 Å². The predicted molar refractivity (Wildman–Crippen MR) is 68.4 cm³/mol. The maximum Gasteiger partial charge on any atom is 0.306 e. The van der Waals surface area contributed by atoms with Crippen LogP contribution in [0.25, 0.3) is 0 Å². The molecule has 3 heteroatoms. The lowest BCUT2D eigenvalue weighted by Crippen LogP contribution is -2.45. The van der Waals surface area contributed by atoms with E-state index in [1.54, 1.807) is 0 Å². The molecule has 0 amide bonds. The number of nitrogens with zero attached hydrogens (tertiary/aromatic N) is 1. The van der Waals surface area contributed by atoms with Crippen LogP contribution in [0.3, 0.4) is 0 Å². The van der Waals surface area contributed by atoms with Crippen LogP contribution in [0, 0.1) is 5.92 Å². The zero-order valence-corrected chi connectivity index (χ0v) is 10.4. The van der Waals surface area contributed by atoms with Gasteiger partial charge in [-0.25, -0.2) is 0 Å². The van der Waals surface area contributed by atoms with E-state index in [9.17, 15) is 4.79 Å². The zero-order valence-electron chi connectivity index (χ0n) is 10.4. The number of benzene rings is 1. The van der Waals surface area contributed by atoms with Crippen LogP contribution in [0.4, 0.5) is 5.69 Å². The van der Waals surface area contributed by atoms with Crippen molar-refractivity contribution in [1.82, 2.24) is 0 Å². The van der Waals surface area contributed by atoms with Crippen molar-refractivity contribution in [1.29, 1.82) is 0 Å². The van der Waals surface area contributed by atoms with Gasteiger partial charge in [0.25, 0.3) is 0 Å². The first-order chi connectivity index (χ1) is 8.11. The molecule has 0 atom stereocenters. The molecule has 17 heavy (non-hydrogen) atoms. The summed E-state index contributed by atoms with van der Waals surface area (Å²) in [4.78, 5) is 12.9. The molecule has 0 spiro atoms. The number of carboxylic acids is 1. The summed E-state index contributed by atoms with van der Waals surface area (Å²) >= 11 is 0. The zero-order chi connectivity index (χ0) is 12.4. The molecule has 0 saturated heterocycles. The minimum absolute atomic E-state index is 0.141. The van der Waals surface area contributed by atoms with Crippen molar-refractivity contribution >= 4 is 11.7 Å². The van der Waals surface area contributed by atoms with Gasteiger partial charge in [-0.15, -0.1) is 0 Å². The largest absolute Gasteiger partial charge is 0.481 e. The molecule has 1 N–H and O–H groups in total. The normalized spacial score (nSPS) is 22.9. The smallest absolute Gasteiger partial charge is 0.306 e. The molecule has 1 aliphatic rings. The lowest BCUT2D eigenvalue weighted by atomic mass is 9.79. The monoisotopic (exact) mass is 233 g/mol. The van der Waals surface area contributed by atoms with Crippen LogP contribution in [0.2, 0.25) is 0 Å². The van der Waals surface area contributed by atoms with E-state index < -0.39 is 5.97 Å². The van der Waals surface area contributed by atoms with E-state index in [2.05, 4.69) is 36.1 Å². The topological polar surface area (TPSA) is 40.5 Å². The third-order valence-corrected chi connectivity index (χ3v) is 3.76. The van der Waals surface area contributed by atoms with Crippen LogP contribution in [0.1, 0.15) is 25.3 Å². The summed E-state index contributed by atoms with van der Waals surface area (Å²) < 4.78 is 0. The van der Waals surface area contributed by atoms with E-state index in [0.717, 1.165) is 19.3 Å². The Morgan fingerprint density at radius 2 is 1.94 bits per heavy atom. The Kier molecular flexibility index (Phi) is 3.36. The Bertz CT molecular complexity index is 393. The van der Waals surface area contributed by atoms with Gasteiger partial charge in [-0.1, -0.05) is 19.1 Å². The number of rotatable bonds is 4. The van der Waals surface area contributed by atoms with Gasteiger partial charge in [0, 0.05) is 18.8 Å². The van der Waals surface area contributed by atoms with Crippen molar-refractivity contribution in [3.63, 3.8) is 0 Å². The van der Waals surface area contributed by atoms with E-state index in [1.165, 1.54) is 11.3 Å². The third kappa shape index (κ3) is 2.43. The molecule has 1 aromatic rings. The van der Waals surface area contributed by atoms with E-state index in [1.807, 2.05) is 7.05 Å². The van der Waals surface area contributed by atoms with Gasteiger partial charge in [-0.3, -0.25) is 4.79 Å². The summed E-state index contributed by atoms with van der Waals surface area (Å²) in [6.45, 7) is 2.14. The van der Waals surface area contributed by atoms with Crippen molar-refractivity contribution in [2.45, 2.75) is 32.2 Å². The number of aryl methyl sites for hydroxylation is 1. The molecule has 1 aliphatic carbocycles. The summed E-state index contributed by atoms with van der Waals surface area (Å²) in [5.41, 5.74) is 2.51. The molecule has 0 bridgehead atoms. The molecule has 2 rings (SSSR count). The highest BCUT2D eigenvalue weighted by molar-refractivity contribution is 5.71. The second-order valence-corrected chi connectivity index (χ2v) is 4.79. The van der Waals surface area contributed by atoms with Gasteiger partial charge in [0.15, 0.2) is 0 Å². The molecule has 0 radical (unpaired) electrons. The van der Waals surface area contributed by atoms with Crippen molar-refractivity contribution in [2.24, 2.45) is 5.92 Å². The minimum Gasteiger partial charge on any atom is -0.481 e. The van der Waals surface area contributed by atoms with Crippen molar-refractivity contribution in [3.05, 3.63) is 29.8 Å². The minimum atomic E-state index is -0.656. The number of aliphatic carboxylic acids is 1. The first-order valence-corrected chi connectivity index (χ1v) is 6.16. The molecule has 1 aromatic carbocycles. The molecule has 3 nitrogen and oxygen atoms in total. The number of carbonyl (C=O) groups is 1. The molecule has 1 fully saturated rings. The average molecular weight is 233 g/mol. The molecule has 0 aliphatic heterocycles. The fraction of sp³-hybridized carbons (Fsp3) is 0.500. The average Bonchev–Trinajstić information content (AvgIpc) is 2.26. The first-order valence-electron chi connectivity index (χ1n) is 6.16. The van der Waals surface area contributed by atoms with E-state index in [-0.39, 0.29) is 5.92 Å². The van der Waals surface area contributed by atoms with Crippen LogP contribution >= 0.6 is 0 Å². The molecule has 0 heterocycles. The molecule has 92 valence electrons. The maximum atomic E-state index is 10.8. The Hall–Kier alpha value is -1.51. The number of hydrogen-bond acceptors (Lipinski definition) is 2. The first kappa shape index (κ1) is 12.0. The Labute approximate surface area is 102 Å². The standard InChI is InChI=1S/C14H19NO2/c1-3-10-4-6-12(7-5-10)15(2)13-8-11(9-13)14(16)17/h4-7,11,13H,3,8-9H2,1-2H3,(H,16,17). The Balaban J connectivity index is 1.96. The van der Waals surface area contributed by atoms with Crippen molar-refractivity contribution in [2.75, 3.05) is 11.9 Å². The fourth-order valence-corrected chi connectivity index (χ4v) is 2.28. The van der Waals surface area contributed by atoms with Gasteiger partial charge in [-0.05, 0) is 37.0 Å². The van der Waals surface area contributed by atoms with Crippen molar-refractivity contribution < 1.29 is 9.90 Å². The summed E-state index contributed by atoms with van der Waals surface area (Å²) in [5, 5.41) is 8.85. The number of anilines is 1. The van der Waals surface area contributed by atoms with Crippen LogP contribution in [0.5, 0.6) is 0 Å². The van der Waals surface area contributed by atoms with Gasteiger partial charge < -0.3 is 10.0 Å². The molecular weight excluding hydrogens is 214 g/mol. The highest BCUT2D eigenvalue weighted by atomic mass is 16.4. The maximum absolute atomic E-state index is 10.8. The fourth-order valence-electron chi connectivity index (χ4n) is 2.28. The molecule has 1 saturated carbocycles. The SMILES string of the molecule is CCc1ccc(N(C)C2CC(C(=O)O)C2)cc1. The van der Waals surface area contributed by atoms with Gasteiger partial charge in [-0.2, -0.15) is 0 Å². The summed E-state index contributed by atoms with van der Waals surface area (Å²) in [6, 6.07) is 8.89. The number of carboxylic acid groups (broad SMARTS) is 1. The summed E-state index contributed by atoms with van der Waals surface area (Å²) in [5.74, 6) is -0.798. The Morgan fingerprint density at radius 1 is 1.35 bits per heavy atom. The predicted octanol–water partition coefficient (Wildman–Crippen LogP) is 2.55. The van der Waals surface area contributed by atoms with E-state index >= 15 is 0 Å². The van der Waals surface area contributed by atoms with Gasteiger partial charge in [0.2, 0.25) is 0 Å². The lowest BCUT2D eigenvalue weighted by molar-refractivity contribution is -0.145. The second-order valence-electron chi connectivity index (χ2n) is 4.79. The highest BCUT2D eigenvalue weighted by Crippen LogP contribution is 2.33. The molecule has 0 aromatic heterocycles. The second kappa shape index (κ2) is 4.78. The van der Waals surface area contributed by atoms with Crippen LogP contribution < -0.4 is 4.90 Å².